The molecule has 0 aliphatic carbocycles. The highest BCUT2D eigenvalue weighted by molar-refractivity contribution is 9.09. The minimum absolute atomic E-state index is 0.00345. The second kappa shape index (κ2) is 8.18. The number of halogens is 1. The van der Waals surface area contributed by atoms with E-state index in [4.69, 9.17) is 10.5 Å². The Balaban J connectivity index is 1.92. The first-order chi connectivity index (χ1) is 10.7. The van der Waals surface area contributed by atoms with Gasteiger partial charge in [0.25, 0.3) is 0 Å². The number of hydrogen-bond donors (Lipinski definition) is 1. The first-order valence-corrected chi connectivity index (χ1v) is 7.51. The van der Waals surface area contributed by atoms with Crippen LogP contribution >= 0.6 is 15.9 Å². The summed E-state index contributed by atoms with van der Waals surface area (Å²) in [5.74, 6) is 0.571. The molecule has 0 unspecified atom stereocenters. The number of benzene rings is 1. The summed E-state index contributed by atoms with van der Waals surface area (Å²) < 4.78 is 10.2. The third-order valence-electron chi connectivity index (χ3n) is 2.51. The third kappa shape index (κ3) is 4.59. The second-order valence-corrected chi connectivity index (χ2v) is 4.87. The number of aromatic nitrogens is 1. The van der Waals surface area contributed by atoms with Crippen molar-refractivity contribution in [2.45, 2.75) is 0 Å². The number of hydrogen-bond acceptors (Lipinski definition) is 6. The lowest BCUT2D eigenvalue weighted by Gasteiger charge is -2.07. The third-order valence-corrected chi connectivity index (χ3v) is 2.83. The van der Waals surface area contributed by atoms with Crippen LogP contribution in [0.1, 0.15) is 0 Å². The van der Waals surface area contributed by atoms with Crippen LogP contribution in [0.4, 0.5) is 4.79 Å². The van der Waals surface area contributed by atoms with Crippen LogP contribution in [0.5, 0.6) is 5.75 Å². The van der Waals surface area contributed by atoms with Gasteiger partial charge in [-0.25, -0.2) is 4.79 Å². The Labute approximate surface area is 135 Å². The molecule has 0 bridgehead atoms. The minimum atomic E-state index is -0.922. The molecule has 0 aliphatic heterocycles. The molecule has 0 spiro atoms. The van der Waals surface area contributed by atoms with Gasteiger partial charge in [-0.1, -0.05) is 39.3 Å². The Hall–Kier alpha value is -2.35. The zero-order valence-corrected chi connectivity index (χ0v) is 13.2. The number of carbonyl (C=O) groups excluding carboxylic acids is 1. The Morgan fingerprint density at radius 1 is 1.32 bits per heavy atom. The first kappa shape index (κ1) is 16.0. The summed E-state index contributed by atoms with van der Waals surface area (Å²) in [4.78, 5) is 19.8. The van der Waals surface area contributed by atoms with Gasteiger partial charge in [0.2, 0.25) is 0 Å². The Kier molecular flexibility index (Phi) is 5.96. The van der Waals surface area contributed by atoms with Crippen LogP contribution in [-0.2, 0) is 9.57 Å². The number of oxime groups is 1. The summed E-state index contributed by atoms with van der Waals surface area (Å²) in [6.07, 6.45) is 0.754. The molecule has 8 heteroatoms. The molecule has 1 aromatic carbocycles. The molecule has 0 aliphatic rings. The summed E-state index contributed by atoms with van der Waals surface area (Å²) in [5, 5.41) is 4.89. The van der Waals surface area contributed by atoms with Crippen LogP contribution in [0.2, 0.25) is 0 Å². The van der Waals surface area contributed by atoms with E-state index in [1.165, 1.54) is 0 Å². The molecule has 2 rings (SSSR count). The van der Waals surface area contributed by atoms with Crippen LogP contribution < -0.4 is 10.5 Å². The molecule has 2 N–H and O–H groups in total. The molecular formula is C14H14BrN3O4. The number of ether oxygens (including phenoxy) is 2. The molecule has 0 atom stereocenters. The molecule has 1 aromatic heterocycles. The smallest absolute Gasteiger partial charge is 0.483 e. The van der Waals surface area contributed by atoms with Crippen LogP contribution in [0, 0.1) is 0 Å². The van der Waals surface area contributed by atoms with Gasteiger partial charge < -0.3 is 15.2 Å². The fraction of sp³-hybridized carbons (Fsp3) is 0.214. The van der Waals surface area contributed by atoms with E-state index in [2.05, 4.69) is 35.6 Å². The normalized spacial score (nSPS) is 11.2. The molecular weight excluding hydrogens is 354 g/mol. The summed E-state index contributed by atoms with van der Waals surface area (Å²) in [5.41, 5.74) is 6.32. The average Bonchev–Trinajstić information content (AvgIpc) is 2.56. The number of fused-ring (bicyclic) bond motifs is 1. The highest BCUT2D eigenvalue weighted by Crippen LogP contribution is 2.22. The fourth-order valence-electron chi connectivity index (χ4n) is 1.61. The van der Waals surface area contributed by atoms with Crippen LogP contribution in [-0.4, -0.2) is 35.5 Å². The zero-order valence-electron chi connectivity index (χ0n) is 11.6. The maximum absolute atomic E-state index is 11.1. The van der Waals surface area contributed by atoms with Crippen molar-refractivity contribution in [1.29, 1.82) is 0 Å². The molecule has 0 radical (unpaired) electrons. The van der Waals surface area contributed by atoms with Crippen molar-refractivity contribution < 1.29 is 19.1 Å². The van der Waals surface area contributed by atoms with Crippen molar-refractivity contribution in [3.05, 3.63) is 36.5 Å². The lowest BCUT2D eigenvalue weighted by atomic mass is 10.2. The standard InChI is InChI=1S/C14H14BrN3O4/c15-6-8-20-14(19)22-18-12(16)9-21-11-5-1-3-10-4-2-7-17-13(10)11/h1-5,7H,6,8-9H2,(H2,16,18). The van der Waals surface area contributed by atoms with Crippen molar-refractivity contribution >= 4 is 38.8 Å². The Morgan fingerprint density at radius 3 is 2.95 bits per heavy atom. The summed E-state index contributed by atoms with van der Waals surface area (Å²) >= 11 is 3.11. The second-order valence-electron chi connectivity index (χ2n) is 4.08. The van der Waals surface area contributed by atoms with Gasteiger partial charge >= 0.3 is 6.16 Å². The summed E-state index contributed by atoms with van der Waals surface area (Å²) in [7, 11) is 0. The Bertz CT molecular complexity index is 673. The molecule has 2 aromatic rings. The molecule has 22 heavy (non-hydrogen) atoms. The maximum atomic E-state index is 11.1. The topological polar surface area (TPSA) is 96.0 Å². The number of nitrogens with two attached hydrogens (primary N) is 1. The first-order valence-electron chi connectivity index (χ1n) is 6.39. The van der Waals surface area contributed by atoms with Crippen LogP contribution in [0.25, 0.3) is 10.9 Å². The summed E-state index contributed by atoms with van der Waals surface area (Å²) in [6.45, 7) is 0.147. The predicted molar refractivity (Wildman–Crippen MR) is 85.1 cm³/mol. The number of carbonyl (C=O) groups is 1. The van der Waals surface area contributed by atoms with Crippen molar-refractivity contribution in [3.8, 4) is 5.75 Å². The van der Waals surface area contributed by atoms with Crippen molar-refractivity contribution in [2.75, 3.05) is 18.5 Å². The minimum Gasteiger partial charge on any atom is -0.483 e. The number of para-hydroxylation sites is 1. The van der Waals surface area contributed by atoms with E-state index in [-0.39, 0.29) is 19.0 Å². The van der Waals surface area contributed by atoms with E-state index in [0.717, 1.165) is 10.9 Å². The largest absolute Gasteiger partial charge is 0.535 e. The van der Waals surface area contributed by atoms with Crippen molar-refractivity contribution in [2.24, 2.45) is 10.9 Å². The number of nitrogens with zero attached hydrogens (tertiary/aromatic N) is 2. The molecule has 0 saturated carbocycles. The van der Waals surface area contributed by atoms with Gasteiger partial charge in [-0.15, -0.1) is 0 Å². The van der Waals surface area contributed by atoms with E-state index in [0.29, 0.717) is 11.1 Å². The quantitative estimate of drug-likeness (QED) is 0.210. The molecule has 116 valence electrons. The van der Waals surface area contributed by atoms with Gasteiger partial charge in [-0.05, 0) is 12.1 Å². The Morgan fingerprint density at radius 2 is 2.14 bits per heavy atom. The van der Waals surface area contributed by atoms with Gasteiger partial charge in [0.15, 0.2) is 5.84 Å². The van der Waals surface area contributed by atoms with Crippen LogP contribution in [0.15, 0.2) is 41.7 Å². The van der Waals surface area contributed by atoms with Crippen LogP contribution in [0.3, 0.4) is 0 Å². The summed E-state index contributed by atoms with van der Waals surface area (Å²) in [6, 6.07) is 9.31. The van der Waals surface area contributed by atoms with Crippen molar-refractivity contribution in [1.82, 2.24) is 4.98 Å². The maximum Gasteiger partial charge on any atom is 0.535 e. The predicted octanol–water partition coefficient (Wildman–Crippen LogP) is 2.43. The highest BCUT2D eigenvalue weighted by atomic mass is 79.9. The number of amidine groups is 1. The van der Waals surface area contributed by atoms with E-state index in [1.54, 1.807) is 12.3 Å². The fourth-order valence-corrected chi connectivity index (χ4v) is 1.78. The van der Waals surface area contributed by atoms with Gasteiger partial charge in [0, 0.05) is 16.9 Å². The molecule has 7 nitrogen and oxygen atoms in total. The lowest BCUT2D eigenvalue weighted by Crippen LogP contribution is -2.22. The van der Waals surface area contributed by atoms with E-state index in [1.807, 2.05) is 24.3 Å². The molecule has 0 saturated heterocycles. The van der Waals surface area contributed by atoms with Gasteiger partial charge in [0.05, 0.1) is 0 Å². The lowest BCUT2D eigenvalue weighted by molar-refractivity contribution is 0.0617. The number of pyridine rings is 1. The van der Waals surface area contributed by atoms with Gasteiger partial charge in [-0.2, -0.15) is 0 Å². The number of rotatable bonds is 6. The van der Waals surface area contributed by atoms with Crippen molar-refractivity contribution in [3.63, 3.8) is 0 Å². The molecule has 0 amide bonds. The van der Waals surface area contributed by atoms with E-state index < -0.39 is 6.16 Å². The molecule has 0 fully saturated rings. The molecule has 1 heterocycles. The van der Waals surface area contributed by atoms with Gasteiger partial charge in [-0.3, -0.25) is 9.82 Å². The average molecular weight is 368 g/mol. The monoisotopic (exact) mass is 367 g/mol. The highest BCUT2D eigenvalue weighted by Gasteiger charge is 2.06. The van der Waals surface area contributed by atoms with E-state index in [9.17, 15) is 4.79 Å². The SMILES string of the molecule is NC(COc1cccc2cccnc12)=NOC(=O)OCCBr. The van der Waals surface area contributed by atoms with Gasteiger partial charge in [0.1, 0.15) is 24.5 Å². The van der Waals surface area contributed by atoms with E-state index >= 15 is 0 Å². The zero-order chi connectivity index (χ0) is 15.8. The number of alkyl halides is 1.